The van der Waals surface area contributed by atoms with Crippen LogP contribution in [0.25, 0.3) is 38.6 Å². The summed E-state index contributed by atoms with van der Waals surface area (Å²) in [5.41, 5.74) is 18.9. The molecule has 0 atom stereocenters. The number of benzene rings is 8. The van der Waals surface area contributed by atoms with E-state index >= 15 is 0 Å². The van der Waals surface area contributed by atoms with Crippen molar-refractivity contribution in [1.82, 2.24) is 0 Å². The molecule has 0 bridgehead atoms. The highest BCUT2D eigenvalue weighted by atomic mass is 15.1. The highest BCUT2D eigenvalue weighted by Crippen LogP contribution is 2.58. The van der Waals surface area contributed by atoms with E-state index in [9.17, 15) is 0 Å². The molecule has 0 fully saturated rings. The zero-order chi connectivity index (χ0) is 38.1. The molecule has 11 rings (SSSR count). The van der Waals surface area contributed by atoms with E-state index in [1.54, 1.807) is 5.57 Å². The quantitative estimate of drug-likeness (QED) is 0.165. The molecule has 0 radical (unpaired) electrons. The normalized spacial score (nSPS) is 15.5. The van der Waals surface area contributed by atoms with Crippen LogP contribution in [0.5, 0.6) is 0 Å². The smallest absolute Gasteiger partial charge is 0.0714 e. The van der Waals surface area contributed by atoms with E-state index < -0.39 is 5.41 Å². The van der Waals surface area contributed by atoms with Crippen LogP contribution in [0.15, 0.2) is 206 Å². The first-order valence-corrected chi connectivity index (χ1v) is 20.3. The molecule has 0 aromatic heterocycles. The summed E-state index contributed by atoms with van der Waals surface area (Å²) in [7, 11) is 0. The van der Waals surface area contributed by atoms with Crippen LogP contribution in [-0.4, -0.2) is 0 Å². The summed E-state index contributed by atoms with van der Waals surface area (Å²) < 4.78 is 0. The third-order valence-corrected chi connectivity index (χ3v) is 13.0. The molecular weight excluding hydrogens is 687 g/mol. The predicted octanol–water partition coefficient (Wildman–Crippen LogP) is 14.7. The number of anilines is 3. The van der Waals surface area contributed by atoms with Gasteiger partial charge in [0, 0.05) is 22.5 Å². The van der Waals surface area contributed by atoms with Crippen LogP contribution in [0.2, 0.25) is 0 Å². The molecule has 3 aliphatic carbocycles. The Morgan fingerprint density at radius 1 is 0.439 bits per heavy atom. The van der Waals surface area contributed by atoms with Gasteiger partial charge < -0.3 is 4.90 Å². The molecule has 0 saturated carbocycles. The van der Waals surface area contributed by atoms with Gasteiger partial charge in [-0.3, -0.25) is 0 Å². The van der Waals surface area contributed by atoms with Crippen molar-refractivity contribution < 1.29 is 0 Å². The van der Waals surface area contributed by atoms with Gasteiger partial charge in [0.2, 0.25) is 0 Å². The minimum atomic E-state index is -0.526. The second-order valence-corrected chi connectivity index (χ2v) is 16.4. The summed E-state index contributed by atoms with van der Waals surface area (Å²) >= 11 is 0. The standard InChI is InChI=1S/C56H43N/c1-55(2)51-25-15-14-24-47(51)50-36-45(30-33-52(50)55)57(44-28-26-39-18-12-13-19-40(39)34-44)46-29-31-48-49-35-41(38-16-6-3-7-17-38)27-32-53(49)56(54(48)37-46,42-20-8-4-9-21-42)43-22-10-5-11-23-43/h3-14,16-24,26-37H,15,25H2,1-2H3. The van der Waals surface area contributed by atoms with Gasteiger partial charge in [0.05, 0.1) is 5.41 Å². The monoisotopic (exact) mass is 729 g/mol. The zero-order valence-electron chi connectivity index (χ0n) is 32.4. The van der Waals surface area contributed by atoms with Crippen LogP contribution in [0.4, 0.5) is 17.1 Å². The molecule has 3 aliphatic rings. The van der Waals surface area contributed by atoms with Gasteiger partial charge in [-0.25, -0.2) is 0 Å². The maximum Gasteiger partial charge on any atom is 0.0714 e. The Kier molecular flexibility index (Phi) is 7.63. The van der Waals surface area contributed by atoms with Crippen molar-refractivity contribution in [3.63, 3.8) is 0 Å². The second kappa shape index (κ2) is 12.9. The summed E-state index contributed by atoms with van der Waals surface area (Å²) in [5, 5.41) is 2.47. The molecule has 8 aromatic rings. The molecule has 1 heteroatoms. The summed E-state index contributed by atoms with van der Waals surface area (Å²) in [6, 6.07) is 70.2. The molecule has 0 heterocycles. The maximum absolute atomic E-state index is 2.50. The highest BCUT2D eigenvalue weighted by molar-refractivity contribution is 5.95. The van der Waals surface area contributed by atoms with Crippen molar-refractivity contribution in [2.75, 3.05) is 4.90 Å². The van der Waals surface area contributed by atoms with Crippen LogP contribution in [0.1, 0.15) is 60.1 Å². The lowest BCUT2D eigenvalue weighted by Crippen LogP contribution is -2.28. The van der Waals surface area contributed by atoms with Crippen LogP contribution in [-0.2, 0) is 10.8 Å². The van der Waals surface area contributed by atoms with E-state index in [0.29, 0.717) is 0 Å². The topological polar surface area (TPSA) is 3.24 Å². The molecule has 0 saturated heterocycles. The first kappa shape index (κ1) is 33.6. The Labute approximate surface area is 335 Å². The fourth-order valence-corrected chi connectivity index (χ4v) is 10.4. The minimum Gasteiger partial charge on any atom is -0.310 e. The maximum atomic E-state index is 2.50. The molecule has 0 unspecified atom stereocenters. The van der Waals surface area contributed by atoms with Crippen LogP contribution in [0, 0.1) is 0 Å². The molecule has 57 heavy (non-hydrogen) atoms. The molecule has 0 amide bonds. The lowest BCUT2D eigenvalue weighted by Gasteiger charge is -2.35. The van der Waals surface area contributed by atoms with Crippen molar-refractivity contribution in [2.24, 2.45) is 0 Å². The van der Waals surface area contributed by atoms with Crippen molar-refractivity contribution >= 4 is 33.4 Å². The van der Waals surface area contributed by atoms with Gasteiger partial charge in [0.1, 0.15) is 0 Å². The Hall–Kier alpha value is -6.70. The van der Waals surface area contributed by atoms with Gasteiger partial charge >= 0.3 is 0 Å². The molecule has 0 N–H and O–H groups in total. The average molecular weight is 730 g/mol. The molecule has 8 aromatic carbocycles. The van der Waals surface area contributed by atoms with E-state index in [-0.39, 0.29) is 5.41 Å². The fraction of sp³-hybridized carbons (Fsp3) is 0.107. The molecule has 0 aliphatic heterocycles. The first-order chi connectivity index (χ1) is 28.0. The van der Waals surface area contributed by atoms with E-state index in [2.05, 4.69) is 219 Å². The average Bonchev–Trinajstić information content (AvgIpc) is 3.69. The second-order valence-electron chi connectivity index (χ2n) is 16.4. The number of fused-ring (bicyclic) bond motifs is 6. The lowest BCUT2D eigenvalue weighted by atomic mass is 9.67. The molecule has 272 valence electrons. The van der Waals surface area contributed by atoms with Gasteiger partial charge in [0.15, 0.2) is 0 Å². The molecular formula is C56H43N. The summed E-state index contributed by atoms with van der Waals surface area (Å²) in [4.78, 5) is 2.49. The summed E-state index contributed by atoms with van der Waals surface area (Å²) in [5.74, 6) is 0. The molecule has 1 nitrogen and oxygen atoms in total. The Morgan fingerprint density at radius 3 is 1.81 bits per heavy atom. The zero-order valence-corrected chi connectivity index (χ0v) is 32.4. The van der Waals surface area contributed by atoms with Gasteiger partial charge in [-0.1, -0.05) is 177 Å². The van der Waals surface area contributed by atoms with Crippen LogP contribution in [0.3, 0.4) is 0 Å². The summed E-state index contributed by atoms with van der Waals surface area (Å²) in [6.07, 6.45) is 6.96. The number of nitrogens with zero attached hydrogens (tertiary/aromatic N) is 1. The fourth-order valence-electron chi connectivity index (χ4n) is 10.4. The molecule has 0 spiro atoms. The van der Waals surface area contributed by atoms with E-state index in [4.69, 9.17) is 0 Å². The number of hydrogen-bond acceptors (Lipinski definition) is 1. The summed E-state index contributed by atoms with van der Waals surface area (Å²) in [6.45, 7) is 4.81. The van der Waals surface area contributed by atoms with Crippen molar-refractivity contribution in [1.29, 1.82) is 0 Å². The Balaban J connectivity index is 1.18. The highest BCUT2D eigenvalue weighted by Gasteiger charge is 2.46. The number of rotatable bonds is 6. The number of allylic oxidation sites excluding steroid dienone is 4. The van der Waals surface area contributed by atoms with Gasteiger partial charge in [-0.05, 0) is 127 Å². The van der Waals surface area contributed by atoms with Gasteiger partial charge in [-0.2, -0.15) is 0 Å². The van der Waals surface area contributed by atoms with E-state index in [1.165, 1.54) is 77.7 Å². The van der Waals surface area contributed by atoms with Gasteiger partial charge in [-0.15, -0.1) is 0 Å². The SMILES string of the molecule is CC1(C)C2=C(C=CCC2)c2cc(N(c3ccc4c(c3)C(c3ccccc3)(c3ccccc3)c3ccc(-c5ccccc5)cc3-4)c3ccc4ccccc4c3)ccc21. The third kappa shape index (κ3) is 5.08. The third-order valence-electron chi connectivity index (χ3n) is 13.0. The van der Waals surface area contributed by atoms with Crippen molar-refractivity contribution in [2.45, 2.75) is 37.5 Å². The van der Waals surface area contributed by atoms with Gasteiger partial charge in [0.25, 0.3) is 0 Å². The van der Waals surface area contributed by atoms with E-state index in [0.717, 1.165) is 24.2 Å². The minimum absolute atomic E-state index is 0.0185. The van der Waals surface area contributed by atoms with Crippen molar-refractivity contribution in [3.05, 3.63) is 239 Å². The first-order valence-electron chi connectivity index (χ1n) is 20.3. The van der Waals surface area contributed by atoms with E-state index in [1.807, 2.05) is 0 Å². The lowest BCUT2D eigenvalue weighted by molar-refractivity contribution is 0.607. The predicted molar refractivity (Wildman–Crippen MR) is 240 cm³/mol. The van der Waals surface area contributed by atoms with Crippen LogP contribution < -0.4 is 4.90 Å². The Bertz CT molecular complexity index is 2870. The number of hydrogen-bond donors (Lipinski definition) is 0. The largest absolute Gasteiger partial charge is 0.310 e. The Morgan fingerprint density at radius 2 is 1.05 bits per heavy atom. The van der Waals surface area contributed by atoms with Crippen LogP contribution >= 0.6 is 0 Å². The van der Waals surface area contributed by atoms with Crippen molar-refractivity contribution in [3.8, 4) is 22.3 Å².